The molecule has 0 radical (unpaired) electrons. The number of phenolic OH excluding ortho intramolecular Hbond substituents is 1. The number of carbonyl (C=O) groups is 1. The summed E-state index contributed by atoms with van der Waals surface area (Å²) in [5.74, 6) is 0.282. The molecule has 1 amide bonds. The molecule has 1 aliphatic rings. The molecule has 0 bridgehead atoms. The van der Waals surface area contributed by atoms with Crippen LogP contribution in [-0.4, -0.2) is 24.1 Å². The fourth-order valence-electron chi connectivity index (χ4n) is 2.03. The number of carbonyl (C=O) groups excluding carboxylic acids is 1. The monoisotopic (exact) mass is 234 g/mol. The summed E-state index contributed by atoms with van der Waals surface area (Å²) in [6.45, 7) is 5.38. The van der Waals surface area contributed by atoms with Crippen LogP contribution in [0.5, 0.6) is 5.75 Å². The van der Waals surface area contributed by atoms with Gasteiger partial charge in [0.1, 0.15) is 5.75 Å². The summed E-state index contributed by atoms with van der Waals surface area (Å²) in [5.41, 5.74) is 1.17. The number of anilines is 1. The van der Waals surface area contributed by atoms with Crippen molar-refractivity contribution in [2.75, 3.05) is 18.4 Å². The van der Waals surface area contributed by atoms with Crippen molar-refractivity contribution in [2.24, 2.45) is 5.41 Å². The fraction of sp³-hybridized carbons (Fsp3) is 0.462. The fourth-order valence-corrected chi connectivity index (χ4v) is 2.03. The summed E-state index contributed by atoms with van der Waals surface area (Å²) in [6, 6.07) is 5.09. The molecule has 1 aliphatic heterocycles. The first-order chi connectivity index (χ1) is 8.01. The normalized spacial score (nSPS) is 23.6. The molecule has 1 aromatic carbocycles. The first-order valence-corrected chi connectivity index (χ1v) is 5.83. The molecule has 3 N–H and O–H groups in total. The van der Waals surface area contributed by atoms with Crippen LogP contribution < -0.4 is 10.6 Å². The first kappa shape index (κ1) is 11.9. The van der Waals surface area contributed by atoms with Crippen molar-refractivity contribution < 1.29 is 9.90 Å². The summed E-state index contributed by atoms with van der Waals surface area (Å²) in [4.78, 5) is 12.1. The largest absolute Gasteiger partial charge is 0.508 e. The van der Waals surface area contributed by atoms with Crippen molar-refractivity contribution in [1.82, 2.24) is 5.32 Å². The van der Waals surface area contributed by atoms with Crippen molar-refractivity contribution in [3.05, 3.63) is 23.8 Å². The highest BCUT2D eigenvalue weighted by atomic mass is 16.3. The summed E-state index contributed by atoms with van der Waals surface area (Å²) >= 11 is 0. The van der Waals surface area contributed by atoms with Gasteiger partial charge in [0.15, 0.2) is 0 Å². The summed E-state index contributed by atoms with van der Waals surface area (Å²) in [6.07, 6.45) is 0.857. The van der Waals surface area contributed by atoms with E-state index in [0.717, 1.165) is 30.8 Å². The minimum Gasteiger partial charge on any atom is -0.508 e. The molecule has 2 rings (SSSR count). The molecule has 0 spiro atoms. The Balaban J connectivity index is 2.10. The Kier molecular flexibility index (Phi) is 3.07. The molecule has 4 heteroatoms. The van der Waals surface area contributed by atoms with E-state index < -0.39 is 0 Å². The quantitative estimate of drug-likeness (QED) is 0.682. The molecule has 0 saturated carbocycles. The number of benzene rings is 1. The third-order valence-corrected chi connectivity index (χ3v) is 3.37. The molecular formula is C13H18N2O2. The van der Waals surface area contributed by atoms with Gasteiger partial charge in [-0.15, -0.1) is 0 Å². The zero-order chi connectivity index (χ0) is 12.5. The van der Waals surface area contributed by atoms with E-state index in [0.29, 0.717) is 0 Å². The van der Waals surface area contributed by atoms with E-state index in [1.54, 1.807) is 18.2 Å². The van der Waals surface area contributed by atoms with Gasteiger partial charge in [-0.3, -0.25) is 4.79 Å². The molecule has 17 heavy (non-hydrogen) atoms. The number of aromatic hydroxyl groups is 1. The van der Waals surface area contributed by atoms with Gasteiger partial charge in [-0.2, -0.15) is 0 Å². The van der Waals surface area contributed by atoms with Crippen LogP contribution in [0, 0.1) is 12.3 Å². The standard InChI is InChI=1S/C13H18N2O2/c1-9-7-10(3-4-11(9)16)15-12(17)13(2)5-6-14-8-13/h3-4,7,14,16H,5-6,8H2,1-2H3,(H,15,17). The molecule has 1 atom stereocenters. The maximum Gasteiger partial charge on any atom is 0.231 e. The molecule has 92 valence electrons. The van der Waals surface area contributed by atoms with Crippen molar-refractivity contribution >= 4 is 11.6 Å². The van der Waals surface area contributed by atoms with Crippen LogP contribution in [0.15, 0.2) is 18.2 Å². The van der Waals surface area contributed by atoms with E-state index in [4.69, 9.17) is 0 Å². The van der Waals surface area contributed by atoms with Crippen LogP contribution in [0.2, 0.25) is 0 Å². The highest BCUT2D eigenvalue weighted by Crippen LogP contribution is 2.27. The van der Waals surface area contributed by atoms with Crippen molar-refractivity contribution in [1.29, 1.82) is 0 Å². The third kappa shape index (κ3) is 2.42. The molecule has 0 aromatic heterocycles. The zero-order valence-corrected chi connectivity index (χ0v) is 10.2. The first-order valence-electron chi connectivity index (χ1n) is 5.83. The smallest absolute Gasteiger partial charge is 0.231 e. The Morgan fingerprint density at radius 3 is 2.88 bits per heavy atom. The van der Waals surface area contributed by atoms with E-state index >= 15 is 0 Å². The number of nitrogens with one attached hydrogen (secondary N) is 2. The van der Waals surface area contributed by atoms with Gasteiger partial charge >= 0.3 is 0 Å². The van der Waals surface area contributed by atoms with Gasteiger partial charge in [-0.25, -0.2) is 0 Å². The highest BCUT2D eigenvalue weighted by molar-refractivity contribution is 5.95. The predicted octanol–water partition coefficient (Wildman–Crippen LogP) is 1.64. The number of aryl methyl sites for hydroxylation is 1. The van der Waals surface area contributed by atoms with Crippen LogP contribution in [0.3, 0.4) is 0 Å². The third-order valence-electron chi connectivity index (χ3n) is 3.37. The molecular weight excluding hydrogens is 216 g/mol. The predicted molar refractivity (Wildman–Crippen MR) is 67.1 cm³/mol. The van der Waals surface area contributed by atoms with Gasteiger partial charge in [0, 0.05) is 12.2 Å². The van der Waals surface area contributed by atoms with Gasteiger partial charge in [-0.05, 0) is 50.6 Å². The lowest BCUT2D eigenvalue weighted by Gasteiger charge is -2.21. The van der Waals surface area contributed by atoms with Crippen LogP contribution in [0.1, 0.15) is 18.9 Å². The number of amides is 1. The van der Waals surface area contributed by atoms with Crippen LogP contribution in [-0.2, 0) is 4.79 Å². The minimum atomic E-state index is -0.328. The second-order valence-electron chi connectivity index (χ2n) is 4.94. The number of rotatable bonds is 2. The Hall–Kier alpha value is -1.55. The number of hydrogen-bond donors (Lipinski definition) is 3. The Morgan fingerprint density at radius 2 is 2.29 bits per heavy atom. The highest BCUT2D eigenvalue weighted by Gasteiger charge is 2.36. The lowest BCUT2D eigenvalue weighted by molar-refractivity contribution is -0.123. The summed E-state index contributed by atoms with van der Waals surface area (Å²) in [7, 11) is 0. The number of phenols is 1. The minimum absolute atomic E-state index is 0.0348. The number of hydrogen-bond acceptors (Lipinski definition) is 3. The van der Waals surface area contributed by atoms with Crippen molar-refractivity contribution in [3.63, 3.8) is 0 Å². The summed E-state index contributed by atoms with van der Waals surface area (Å²) < 4.78 is 0. The van der Waals surface area contributed by atoms with Gasteiger partial charge in [0.25, 0.3) is 0 Å². The van der Waals surface area contributed by atoms with E-state index in [-0.39, 0.29) is 17.1 Å². The van der Waals surface area contributed by atoms with Gasteiger partial charge in [0.05, 0.1) is 5.41 Å². The van der Waals surface area contributed by atoms with Crippen LogP contribution in [0.4, 0.5) is 5.69 Å². The molecule has 1 saturated heterocycles. The van der Waals surface area contributed by atoms with Gasteiger partial charge < -0.3 is 15.7 Å². The maximum atomic E-state index is 12.1. The van der Waals surface area contributed by atoms with E-state index in [1.807, 2.05) is 13.8 Å². The lowest BCUT2D eigenvalue weighted by Crippen LogP contribution is -2.35. The van der Waals surface area contributed by atoms with Crippen molar-refractivity contribution in [2.45, 2.75) is 20.3 Å². The molecule has 1 unspecified atom stereocenters. The molecule has 4 nitrogen and oxygen atoms in total. The zero-order valence-electron chi connectivity index (χ0n) is 10.2. The van der Waals surface area contributed by atoms with Gasteiger partial charge in [0.2, 0.25) is 5.91 Å². The van der Waals surface area contributed by atoms with E-state index in [1.165, 1.54) is 0 Å². The average Bonchev–Trinajstić information content (AvgIpc) is 2.72. The lowest BCUT2D eigenvalue weighted by atomic mass is 9.88. The summed E-state index contributed by atoms with van der Waals surface area (Å²) in [5, 5.41) is 15.5. The topological polar surface area (TPSA) is 61.4 Å². The van der Waals surface area contributed by atoms with Crippen LogP contribution >= 0.6 is 0 Å². The second-order valence-corrected chi connectivity index (χ2v) is 4.94. The van der Waals surface area contributed by atoms with Crippen molar-refractivity contribution in [3.8, 4) is 5.75 Å². The van der Waals surface area contributed by atoms with E-state index in [2.05, 4.69) is 10.6 Å². The second kappa shape index (κ2) is 4.37. The molecule has 1 aromatic rings. The Labute approximate surface area is 101 Å². The van der Waals surface area contributed by atoms with Gasteiger partial charge in [-0.1, -0.05) is 0 Å². The maximum absolute atomic E-state index is 12.1. The molecule has 1 fully saturated rings. The molecule has 0 aliphatic carbocycles. The van der Waals surface area contributed by atoms with Crippen LogP contribution in [0.25, 0.3) is 0 Å². The SMILES string of the molecule is Cc1cc(NC(=O)C2(C)CCNC2)ccc1O. The van der Waals surface area contributed by atoms with E-state index in [9.17, 15) is 9.90 Å². The Morgan fingerprint density at radius 1 is 1.53 bits per heavy atom. The average molecular weight is 234 g/mol. The molecule has 1 heterocycles. The Bertz CT molecular complexity index is 437.